The third-order valence-corrected chi connectivity index (χ3v) is 26.8. The first-order valence-corrected chi connectivity index (χ1v) is 44.2. The van der Waals surface area contributed by atoms with Crippen molar-refractivity contribution in [3.05, 3.63) is 485 Å². The van der Waals surface area contributed by atoms with Crippen LogP contribution >= 0.6 is 22.7 Å². The highest BCUT2D eigenvalue weighted by atomic mass is 32.1. The Hall–Kier alpha value is -16.0. The first kappa shape index (κ1) is 69.7. The van der Waals surface area contributed by atoms with Crippen LogP contribution in [0.5, 0.6) is 0 Å². The van der Waals surface area contributed by atoms with Crippen molar-refractivity contribution in [2.45, 2.75) is 0 Å². The van der Waals surface area contributed by atoms with Gasteiger partial charge in [0, 0.05) is 119 Å². The van der Waals surface area contributed by atoms with E-state index < -0.39 is 6.04 Å². The van der Waals surface area contributed by atoms with Crippen LogP contribution in [0.3, 0.4) is 0 Å². The maximum Gasteiger partial charge on any atom is 0.0726 e. The third-order valence-electron chi connectivity index (χ3n) is 24.5. The minimum Gasteiger partial charge on any atom is -0.311 e. The zero-order chi connectivity index (χ0) is 87.7. The largest absolute Gasteiger partial charge is 0.311 e. The Balaban J connectivity index is 0.000000149. The molecule has 0 unspecified atom stereocenters. The second-order valence-corrected chi connectivity index (χ2v) is 33.8. The summed E-state index contributed by atoms with van der Waals surface area (Å²) in [6, 6.07) is 161. The molecule has 0 aliphatic rings. The molecular formula is C120H80N4S2. The quantitative estimate of drug-likeness (QED) is 0.0959. The third kappa shape index (κ3) is 13.4. The van der Waals surface area contributed by atoms with Crippen molar-refractivity contribution in [1.82, 2.24) is 9.13 Å². The van der Waals surface area contributed by atoms with Gasteiger partial charge in [-0.2, -0.15) is 0 Å². The Bertz CT molecular complexity index is 8320. The van der Waals surface area contributed by atoms with Gasteiger partial charge in [-0.05, 0) is 194 Å². The van der Waals surface area contributed by atoms with E-state index in [1.54, 1.807) is 0 Å². The molecule has 0 radical (unpaired) electrons. The van der Waals surface area contributed by atoms with Crippen LogP contribution in [-0.4, -0.2) is 9.13 Å². The molecular weight excluding hydrogens is 1560 g/mol. The molecule has 126 heavy (non-hydrogen) atoms. The maximum atomic E-state index is 8.66. The SMILES string of the molecule is [2H]c1c([2H])c([2H])c(-c2ccc(N(c3ccc(-c4ccccc4)cc3)c3ccc(-c4c(-c5ccccc5)c5c6ccccc6n(-c6ccccc6)c5c5c4sc4ccccc45)cc3)cc2)c([2H])c1[2H].c1ccc(-c2ccc(N(c3ccc(-c4ccccc4)cc3)c3ccc(-c4c(-c5ccccc5)c5c6ccccc6n(-c6ccccc6)c5c5sc6ccccc6c45)cc3)cc2)cc1. The number of nitrogens with zero attached hydrogens (tertiary/aromatic N) is 4. The predicted molar refractivity (Wildman–Crippen MR) is 540 cm³/mol. The first-order chi connectivity index (χ1) is 64.6. The number of benzene rings is 20. The lowest BCUT2D eigenvalue weighted by molar-refractivity contribution is 1.19. The Kier molecular flexibility index (Phi) is 17.9. The second-order valence-electron chi connectivity index (χ2n) is 31.7. The summed E-state index contributed by atoms with van der Waals surface area (Å²) >= 11 is 3.74. The van der Waals surface area contributed by atoms with Gasteiger partial charge in [0.05, 0.1) is 33.6 Å². The van der Waals surface area contributed by atoms with E-state index in [-0.39, 0.29) is 29.7 Å². The Morgan fingerprint density at radius 3 is 0.849 bits per heavy atom. The molecule has 0 saturated carbocycles. The molecule has 0 aliphatic heterocycles. The molecule has 24 aromatic rings. The van der Waals surface area contributed by atoms with Gasteiger partial charge in [-0.1, -0.05) is 364 Å². The summed E-state index contributed by atoms with van der Waals surface area (Å²) < 4.78 is 52.0. The zero-order valence-electron chi connectivity index (χ0n) is 73.4. The van der Waals surface area contributed by atoms with Gasteiger partial charge < -0.3 is 18.9 Å². The predicted octanol–water partition coefficient (Wildman–Crippen LogP) is 34.6. The molecule has 4 aromatic heterocycles. The molecule has 24 rings (SSSR count). The second kappa shape index (κ2) is 32.5. The van der Waals surface area contributed by atoms with Crippen LogP contribution in [0.15, 0.2) is 485 Å². The van der Waals surface area contributed by atoms with Crippen LogP contribution in [-0.2, 0) is 0 Å². The van der Waals surface area contributed by atoms with E-state index in [4.69, 9.17) is 6.85 Å². The molecule has 0 fully saturated rings. The van der Waals surface area contributed by atoms with Gasteiger partial charge >= 0.3 is 0 Å². The molecule has 0 bridgehead atoms. The first-order valence-electron chi connectivity index (χ1n) is 45.1. The smallest absolute Gasteiger partial charge is 0.0726 e. The molecule has 592 valence electrons. The van der Waals surface area contributed by atoms with Gasteiger partial charge in [0.2, 0.25) is 0 Å². The summed E-state index contributed by atoms with van der Waals surface area (Å²) in [6.07, 6.45) is 0. The number of hydrogen-bond acceptors (Lipinski definition) is 4. The lowest BCUT2D eigenvalue weighted by atomic mass is 9.87. The molecule has 0 N–H and O–H groups in total. The van der Waals surface area contributed by atoms with Crippen LogP contribution in [0.25, 0.3) is 184 Å². The zero-order valence-corrected chi connectivity index (χ0v) is 70.0. The highest BCUT2D eigenvalue weighted by Crippen LogP contribution is 2.56. The number of fused-ring (bicyclic) bond motifs is 14. The van der Waals surface area contributed by atoms with E-state index in [1.807, 2.05) is 65.1 Å². The number of anilines is 6. The topological polar surface area (TPSA) is 16.3 Å². The van der Waals surface area contributed by atoms with Gasteiger partial charge in [0.15, 0.2) is 0 Å². The fourth-order valence-corrected chi connectivity index (χ4v) is 21.3. The van der Waals surface area contributed by atoms with Crippen LogP contribution < -0.4 is 9.80 Å². The van der Waals surface area contributed by atoms with Crippen LogP contribution in [0.1, 0.15) is 6.85 Å². The normalized spacial score (nSPS) is 12.0. The summed E-state index contributed by atoms with van der Waals surface area (Å²) in [7, 11) is 0. The summed E-state index contributed by atoms with van der Waals surface area (Å²) in [5.74, 6) is 0. The number of rotatable bonds is 16. The minimum absolute atomic E-state index is 0.177. The highest BCUT2D eigenvalue weighted by molar-refractivity contribution is 7.27. The molecule has 0 aliphatic carbocycles. The monoisotopic (exact) mass is 1650 g/mol. The minimum atomic E-state index is -0.406. The lowest BCUT2D eigenvalue weighted by Gasteiger charge is -2.26. The number of thiophene rings is 2. The van der Waals surface area contributed by atoms with Crippen molar-refractivity contribution in [1.29, 1.82) is 0 Å². The Morgan fingerprint density at radius 2 is 0.452 bits per heavy atom. The fraction of sp³-hybridized carbons (Fsp3) is 0. The van der Waals surface area contributed by atoms with Gasteiger partial charge in [0.25, 0.3) is 0 Å². The standard InChI is InChI=1S/2C60H40N2S/c1-5-17-41(18-6-1)43-29-35-48(36-30-43)61(49-37-31-44(32-38-49)42-19-7-2-8-20-42)50-39-33-46(34-40-50)56-55(45-21-9-3-10-22-45)57-51-25-13-15-27-53(51)62(47-23-11-4-12-24-47)59(57)58-52-26-14-16-28-54(52)63-60(56)58;1-5-17-41(18-6-1)43-29-35-48(36-30-43)61(49-37-31-44(32-38-49)42-19-7-2-8-20-42)50-39-33-46(34-40-50)56-55(45-21-9-3-10-22-45)57-51-25-13-15-27-53(51)62(47-23-11-4-12-24-47)59(57)60-58(56)52-26-14-16-28-54(52)63-60/h2*1-40H/i1D,5D,6D,17D,18D;. The van der Waals surface area contributed by atoms with Crippen molar-refractivity contribution in [3.8, 4) is 100 Å². The lowest BCUT2D eigenvalue weighted by Crippen LogP contribution is -2.09. The number of hydrogen-bond donors (Lipinski definition) is 0. The van der Waals surface area contributed by atoms with Crippen molar-refractivity contribution in [3.63, 3.8) is 0 Å². The summed E-state index contributed by atoms with van der Waals surface area (Å²) in [4.78, 5) is 4.58. The van der Waals surface area contributed by atoms with Crippen molar-refractivity contribution >= 4 is 141 Å². The number of para-hydroxylation sites is 4. The van der Waals surface area contributed by atoms with Crippen molar-refractivity contribution < 1.29 is 6.85 Å². The van der Waals surface area contributed by atoms with Gasteiger partial charge in [-0.3, -0.25) is 0 Å². The molecule has 0 saturated heterocycles. The van der Waals surface area contributed by atoms with E-state index in [2.05, 4.69) is 431 Å². The van der Waals surface area contributed by atoms with Gasteiger partial charge in [0.1, 0.15) is 0 Å². The van der Waals surface area contributed by atoms with Gasteiger partial charge in [-0.25, -0.2) is 0 Å². The fourth-order valence-electron chi connectivity index (χ4n) is 18.8. The van der Waals surface area contributed by atoms with E-state index in [0.29, 0.717) is 5.56 Å². The van der Waals surface area contributed by atoms with E-state index in [0.717, 1.165) is 73.3 Å². The molecule has 0 amide bonds. The number of aromatic nitrogens is 2. The molecule has 20 aromatic carbocycles. The summed E-state index contributed by atoms with van der Waals surface area (Å²) in [5, 5.41) is 9.96. The van der Waals surface area contributed by atoms with E-state index in [9.17, 15) is 0 Å². The summed E-state index contributed by atoms with van der Waals surface area (Å²) in [6.45, 7) is 0. The summed E-state index contributed by atoms with van der Waals surface area (Å²) in [5.41, 5.74) is 30.4. The van der Waals surface area contributed by atoms with Crippen molar-refractivity contribution in [2.75, 3.05) is 9.80 Å². The average Bonchev–Trinajstić information content (AvgIpc) is 1.54. The van der Waals surface area contributed by atoms with Crippen LogP contribution in [0.4, 0.5) is 34.1 Å². The molecule has 0 spiro atoms. The Labute approximate surface area is 746 Å². The van der Waals surface area contributed by atoms with Crippen molar-refractivity contribution in [2.24, 2.45) is 0 Å². The average molecular weight is 1650 g/mol. The molecule has 4 nitrogen and oxygen atoms in total. The van der Waals surface area contributed by atoms with Gasteiger partial charge in [-0.15, -0.1) is 22.7 Å². The maximum absolute atomic E-state index is 8.66. The molecule has 0 atom stereocenters. The molecule has 4 heterocycles. The molecule has 6 heteroatoms. The van der Waals surface area contributed by atoms with E-state index >= 15 is 0 Å². The van der Waals surface area contributed by atoms with Crippen LogP contribution in [0.2, 0.25) is 0 Å². The highest BCUT2D eigenvalue weighted by Gasteiger charge is 2.30. The van der Waals surface area contributed by atoms with Crippen LogP contribution in [0, 0.1) is 0 Å². The van der Waals surface area contributed by atoms with E-state index in [1.165, 1.54) is 134 Å². The Morgan fingerprint density at radius 1 is 0.190 bits per heavy atom.